The van der Waals surface area contributed by atoms with Gasteiger partial charge in [-0.3, -0.25) is 4.90 Å². The summed E-state index contributed by atoms with van der Waals surface area (Å²) in [4.78, 5) is 6.54. The molecule has 4 aromatic rings. The first-order chi connectivity index (χ1) is 17.9. The minimum absolute atomic E-state index is 0.0979. The van der Waals surface area contributed by atoms with E-state index in [0.29, 0.717) is 42.8 Å². The summed E-state index contributed by atoms with van der Waals surface area (Å²) in [5.41, 5.74) is 1.40. The second kappa shape index (κ2) is 9.41. The number of benzene rings is 1. The van der Waals surface area contributed by atoms with E-state index in [1.54, 1.807) is 12.3 Å². The lowest BCUT2D eigenvalue weighted by Gasteiger charge is -2.42. The second-order valence-corrected chi connectivity index (χ2v) is 9.20. The Balaban J connectivity index is 1.31. The van der Waals surface area contributed by atoms with Gasteiger partial charge in [0, 0.05) is 24.8 Å². The highest BCUT2D eigenvalue weighted by molar-refractivity contribution is 5.89. The summed E-state index contributed by atoms with van der Waals surface area (Å²) in [7, 11) is 1.44. The van der Waals surface area contributed by atoms with Gasteiger partial charge in [-0.15, -0.1) is 10.2 Å². The van der Waals surface area contributed by atoms with Crippen LogP contribution >= 0.6 is 0 Å². The first-order valence-corrected chi connectivity index (χ1v) is 11.9. The van der Waals surface area contributed by atoms with E-state index in [2.05, 4.69) is 30.6 Å². The third kappa shape index (κ3) is 4.33. The maximum absolute atomic E-state index is 14.9. The molecule has 2 aliphatic rings. The van der Waals surface area contributed by atoms with Gasteiger partial charge in [-0.2, -0.15) is 4.98 Å². The first-order valence-electron chi connectivity index (χ1n) is 11.9. The van der Waals surface area contributed by atoms with E-state index in [1.165, 1.54) is 23.8 Å². The monoisotopic (exact) mass is 520 g/mol. The van der Waals surface area contributed by atoms with Crippen molar-refractivity contribution < 1.29 is 27.0 Å². The van der Waals surface area contributed by atoms with Crippen molar-refractivity contribution in [2.24, 2.45) is 0 Å². The molecule has 5 heterocycles. The van der Waals surface area contributed by atoms with Crippen molar-refractivity contribution in [2.45, 2.75) is 37.6 Å². The molecule has 2 fully saturated rings. The zero-order valence-corrected chi connectivity index (χ0v) is 19.8. The SMILES string of the molecule is COc1nc(N[C@@H]2CCN(C3COC3)C[C@H]2F)nn2ccc(-c3cc(F)c4nnn(CC(F)F)c4c3)c12. The standard InChI is InChI=1S/C23H24F4N8O2/c1-36-22-21-14(12-6-15(24)20-18(7-12)35(32-30-20)9-19(26)27)2-5-34(21)31-23(29-22)28-17-3-4-33(8-16(17)25)13-10-37-11-13/h2,5-7,13,16-17,19H,3-4,8-11H2,1H3,(H,28,31)/t16-,17-/m1/s1. The highest BCUT2D eigenvalue weighted by Crippen LogP contribution is 2.34. The average molecular weight is 520 g/mol. The molecule has 0 unspecified atom stereocenters. The lowest BCUT2D eigenvalue weighted by atomic mass is 10.0. The van der Waals surface area contributed by atoms with Crippen LogP contribution in [-0.4, -0.2) is 92.6 Å². The predicted molar refractivity (Wildman–Crippen MR) is 125 cm³/mol. The number of anilines is 1. The Bertz CT molecular complexity index is 1440. The second-order valence-electron chi connectivity index (χ2n) is 9.20. The first kappa shape index (κ1) is 23.9. The van der Waals surface area contributed by atoms with Crippen molar-refractivity contribution in [3.05, 3.63) is 30.2 Å². The topological polar surface area (TPSA) is 94.6 Å². The number of fused-ring (bicyclic) bond motifs is 2. The van der Waals surface area contributed by atoms with Crippen LogP contribution in [0.4, 0.5) is 23.5 Å². The van der Waals surface area contributed by atoms with Crippen molar-refractivity contribution in [2.75, 3.05) is 38.7 Å². The predicted octanol–water partition coefficient (Wildman–Crippen LogP) is 2.78. The lowest BCUT2D eigenvalue weighted by Crippen LogP contribution is -2.57. The molecule has 2 saturated heterocycles. The number of nitrogens with zero attached hydrogens (tertiary/aromatic N) is 7. The molecule has 1 aromatic carbocycles. The summed E-state index contributed by atoms with van der Waals surface area (Å²) in [6.07, 6.45) is -1.56. The number of nitrogens with one attached hydrogen (secondary N) is 1. The highest BCUT2D eigenvalue weighted by Gasteiger charge is 2.35. The fourth-order valence-corrected chi connectivity index (χ4v) is 4.90. The van der Waals surface area contributed by atoms with E-state index in [0.717, 1.165) is 11.2 Å². The van der Waals surface area contributed by atoms with Crippen molar-refractivity contribution >= 4 is 22.5 Å². The number of piperidine rings is 1. The van der Waals surface area contributed by atoms with Crippen molar-refractivity contribution in [3.63, 3.8) is 0 Å². The summed E-state index contributed by atoms with van der Waals surface area (Å²) in [6, 6.07) is 4.29. The lowest BCUT2D eigenvalue weighted by molar-refractivity contribution is -0.0794. The Labute approximate surface area is 208 Å². The van der Waals surface area contributed by atoms with Gasteiger partial charge in [0.05, 0.1) is 37.9 Å². The molecular formula is C23H24F4N8O2. The van der Waals surface area contributed by atoms with E-state index in [1.807, 2.05) is 0 Å². The van der Waals surface area contributed by atoms with Gasteiger partial charge in [-0.1, -0.05) is 5.21 Å². The van der Waals surface area contributed by atoms with Crippen molar-refractivity contribution in [3.8, 4) is 17.0 Å². The Hall–Kier alpha value is -3.52. The Kier molecular flexibility index (Phi) is 6.07. The van der Waals surface area contributed by atoms with Gasteiger partial charge in [-0.05, 0) is 30.2 Å². The summed E-state index contributed by atoms with van der Waals surface area (Å²) in [5.74, 6) is -0.309. The van der Waals surface area contributed by atoms with Gasteiger partial charge >= 0.3 is 0 Å². The van der Waals surface area contributed by atoms with Gasteiger partial charge in [0.15, 0.2) is 5.82 Å². The Morgan fingerprint density at radius 1 is 1.27 bits per heavy atom. The van der Waals surface area contributed by atoms with Crippen LogP contribution in [0.1, 0.15) is 6.42 Å². The van der Waals surface area contributed by atoms with Crippen molar-refractivity contribution in [1.82, 2.24) is 34.5 Å². The van der Waals surface area contributed by atoms with Crippen LogP contribution in [-0.2, 0) is 11.3 Å². The van der Waals surface area contributed by atoms with Gasteiger partial charge in [0.2, 0.25) is 11.8 Å². The Morgan fingerprint density at radius 3 is 2.81 bits per heavy atom. The highest BCUT2D eigenvalue weighted by atomic mass is 19.3. The molecule has 1 N–H and O–H groups in total. The average Bonchev–Trinajstić information content (AvgIpc) is 3.43. The van der Waals surface area contributed by atoms with E-state index in [4.69, 9.17) is 9.47 Å². The molecule has 0 radical (unpaired) electrons. The summed E-state index contributed by atoms with van der Waals surface area (Å²) >= 11 is 0. The number of hydrogen-bond donors (Lipinski definition) is 1. The molecule has 6 rings (SSSR count). The Morgan fingerprint density at radius 2 is 2.11 bits per heavy atom. The molecule has 196 valence electrons. The van der Waals surface area contributed by atoms with Crippen LogP contribution in [0.3, 0.4) is 0 Å². The van der Waals surface area contributed by atoms with Gasteiger partial charge < -0.3 is 14.8 Å². The van der Waals surface area contributed by atoms with Crippen molar-refractivity contribution in [1.29, 1.82) is 0 Å². The molecule has 0 amide bonds. The number of alkyl halides is 3. The van der Waals surface area contributed by atoms with E-state index in [-0.39, 0.29) is 28.9 Å². The third-order valence-corrected chi connectivity index (χ3v) is 6.89. The van der Waals surface area contributed by atoms with E-state index >= 15 is 0 Å². The van der Waals surface area contributed by atoms with Gasteiger partial charge in [0.25, 0.3) is 6.43 Å². The van der Waals surface area contributed by atoms with Gasteiger partial charge in [0.1, 0.15) is 23.7 Å². The van der Waals surface area contributed by atoms with Crippen LogP contribution in [0.2, 0.25) is 0 Å². The maximum atomic E-state index is 14.9. The molecular weight excluding hydrogens is 496 g/mol. The fourth-order valence-electron chi connectivity index (χ4n) is 4.90. The molecule has 14 heteroatoms. The number of rotatable bonds is 7. The minimum atomic E-state index is -2.67. The van der Waals surface area contributed by atoms with Gasteiger partial charge in [-0.25, -0.2) is 26.8 Å². The number of ether oxygens (including phenoxy) is 2. The van der Waals surface area contributed by atoms with E-state index < -0.39 is 31.0 Å². The normalized spacial score (nSPS) is 21.1. The summed E-state index contributed by atoms with van der Waals surface area (Å²) in [5, 5.41) is 14.9. The molecule has 2 aliphatic heterocycles. The third-order valence-electron chi connectivity index (χ3n) is 6.89. The zero-order chi connectivity index (χ0) is 25.7. The number of hydrogen-bond acceptors (Lipinski definition) is 8. The minimum Gasteiger partial charge on any atom is -0.479 e. The van der Waals surface area contributed by atoms with Crippen LogP contribution in [0.25, 0.3) is 27.7 Å². The van der Waals surface area contributed by atoms with Crippen LogP contribution in [0.5, 0.6) is 5.88 Å². The molecule has 0 spiro atoms. The summed E-state index contributed by atoms with van der Waals surface area (Å²) < 4.78 is 68.9. The molecule has 0 aliphatic carbocycles. The molecule has 10 nitrogen and oxygen atoms in total. The summed E-state index contributed by atoms with van der Waals surface area (Å²) in [6.45, 7) is 1.62. The molecule has 2 atom stereocenters. The van der Waals surface area contributed by atoms with E-state index in [9.17, 15) is 17.6 Å². The maximum Gasteiger partial charge on any atom is 0.258 e. The number of methoxy groups -OCH3 is 1. The zero-order valence-electron chi connectivity index (χ0n) is 19.8. The van der Waals surface area contributed by atoms with Crippen LogP contribution in [0, 0.1) is 5.82 Å². The molecule has 0 saturated carbocycles. The number of halogens is 4. The van der Waals surface area contributed by atoms with Crippen LogP contribution < -0.4 is 10.1 Å². The fraction of sp³-hybridized carbons (Fsp3) is 0.478. The molecule has 37 heavy (non-hydrogen) atoms. The molecule has 0 bridgehead atoms. The van der Waals surface area contributed by atoms with Crippen LogP contribution in [0.15, 0.2) is 24.4 Å². The molecule has 3 aromatic heterocycles. The largest absolute Gasteiger partial charge is 0.479 e. The quantitative estimate of drug-likeness (QED) is 0.372. The number of aromatic nitrogens is 6. The number of likely N-dealkylation sites (tertiary alicyclic amines) is 1. The smallest absolute Gasteiger partial charge is 0.258 e.